The van der Waals surface area contributed by atoms with Crippen molar-refractivity contribution in [2.45, 2.75) is 51.6 Å². The van der Waals surface area contributed by atoms with Crippen molar-refractivity contribution in [2.24, 2.45) is 0 Å². The Morgan fingerprint density at radius 2 is 2.00 bits per heavy atom. The van der Waals surface area contributed by atoms with Gasteiger partial charge in [-0.25, -0.2) is 0 Å². The second-order valence-corrected chi connectivity index (χ2v) is 6.14. The molecule has 0 saturated heterocycles. The van der Waals surface area contributed by atoms with E-state index < -0.39 is 25.2 Å². The van der Waals surface area contributed by atoms with Crippen molar-refractivity contribution in [3.8, 4) is 6.07 Å². The van der Waals surface area contributed by atoms with E-state index in [0.717, 1.165) is 0 Å². The number of carbonyl (C=O) groups is 1. The molecule has 23 heavy (non-hydrogen) atoms. The van der Waals surface area contributed by atoms with Gasteiger partial charge in [0.25, 0.3) is 0 Å². The summed E-state index contributed by atoms with van der Waals surface area (Å²) in [6.07, 6.45) is -4.09. The van der Waals surface area contributed by atoms with Gasteiger partial charge in [0.05, 0.1) is 6.07 Å². The van der Waals surface area contributed by atoms with Crippen molar-refractivity contribution in [1.82, 2.24) is 15.0 Å². The van der Waals surface area contributed by atoms with E-state index in [4.69, 9.17) is 9.78 Å². The quantitative estimate of drug-likeness (QED) is 0.748. The molecule has 0 aliphatic carbocycles. The van der Waals surface area contributed by atoms with Gasteiger partial charge in [-0.05, 0) is 6.42 Å². The third kappa shape index (κ3) is 6.67. The summed E-state index contributed by atoms with van der Waals surface area (Å²) in [6, 6.07) is 1.56. The van der Waals surface area contributed by atoms with Gasteiger partial charge in [0.1, 0.15) is 13.1 Å². The van der Waals surface area contributed by atoms with E-state index in [1.807, 2.05) is 20.8 Å². The average Bonchev–Trinajstić information content (AvgIpc) is 2.85. The van der Waals surface area contributed by atoms with Crippen LogP contribution >= 0.6 is 0 Å². The minimum Gasteiger partial charge on any atom is -0.339 e. The highest BCUT2D eigenvalue weighted by molar-refractivity contribution is 5.76. The summed E-state index contributed by atoms with van der Waals surface area (Å²) in [7, 11) is 0. The normalized spacial score (nSPS) is 12.0. The van der Waals surface area contributed by atoms with Crippen LogP contribution in [0.15, 0.2) is 4.52 Å². The smallest absolute Gasteiger partial charge is 0.339 e. The van der Waals surface area contributed by atoms with E-state index in [2.05, 4.69) is 10.1 Å². The van der Waals surface area contributed by atoms with Gasteiger partial charge in [0.2, 0.25) is 11.8 Å². The van der Waals surface area contributed by atoms with Gasteiger partial charge < -0.3 is 9.42 Å². The average molecular weight is 332 g/mol. The fraction of sp³-hybridized carbons (Fsp3) is 0.714. The fourth-order valence-corrected chi connectivity index (χ4v) is 1.74. The number of aromatic nitrogens is 2. The summed E-state index contributed by atoms with van der Waals surface area (Å²) in [6.45, 7) is 3.74. The van der Waals surface area contributed by atoms with Crippen molar-refractivity contribution < 1.29 is 22.5 Å². The van der Waals surface area contributed by atoms with Gasteiger partial charge in [0, 0.05) is 18.3 Å². The Kier molecular flexibility index (Phi) is 6.12. The Hall–Kier alpha value is -2.11. The fourth-order valence-electron chi connectivity index (χ4n) is 1.74. The van der Waals surface area contributed by atoms with Crippen molar-refractivity contribution in [3.63, 3.8) is 0 Å². The molecule has 0 aromatic carbocycles. The largest absolute Gasteiger partial charge is 0.406 e. The van der Waals surface area contributed by atoms with Gasteiger partial charge in [-0.3, -0.25) is 4.79 Å². The van der Waals surface area contributed by atoms with Crippen LogP contribution in [-0.2, 0) is 16.6 Å². The van der Waals surface area contributed by atoms with Crippen LogP contribution in [0.4, 0.5) is 13.2 Å². The van der Waals surface area contributed by atoms with Gasteiger partial charge >= 0.3 is 6.18 Å². The zero-order chi connectivity index (χ0) is 17.7. The number of alkyl halides is 3. The summed E-state index contributed by atoms with van der Waals surface area (Å²) in [5, 5.41) is 12.3. The summed E-state index contributed by atoms with van der Waals surface area (Å²) in [5.74, 6) is 0.145. The molecule has 0 unspecified atom stereocenters. The molecule has 9 heteroatoms. The van der Waals surface area contributed by atoms with Crippen molar-refractivity contribution in [2.75, 3.05) is 13.1 Å². The maximum Gasteiger partial charge on any atom is 0.406 e. The molecule has 0 aliphatic rings. The Morgan fingerprint density at radius 1 is 1.35 bits per heavy atom. The molecule has 0 N–H and O–H groups in total. The van der Waals surface area contributed by atoms with E-state index in [-0.39, 0.29) is 18.3 Å². The molecule has 0 spiro atoms. The molecule has 0 saturated carbocycles. The maximum absolute atomic E-state index is 12.4. The summed E-state index contributed by atoms with van der Waals surface area (Å²) < 4.78 is 42.1. The number of hydrogen-bond acceptors (Lipinski definition) is 5. The lowest BCUT2D eigenvalue weighted by molar-refractivity contribution is -0.160. The molecule has 0 radical (unpaired) electrons. The van der Waals surface area contributed by atoms with Crippen LogP contribution in [0.3, 0.4) is 0 Å². The second kappa shape index (κ2) is 7.44. The van der Waals surface area contributed by atoms with E-state index in [9.17, 15) is 18.0 Å². The topological polar surface area (TPSA) is 83.0 Å². The number of nitriles is 1. The molecule has 1 rings (SSSR count). The first-order valence-electron chi connectivity index (χ1n) is 7.07. The first-order valence-corrected chi connectivity index (χ1v) is 7.07. The molecule has 0 aliphatic heterocycles. The predicted molar refractivity (Wildman–Crippen MR) is 74.2 cm³/mol. The van der Waals surface area contributed by atoms with Crippen LogP contribution < -0.4 is 0 Å². The predicted octanol–water partition coefficient (Wildman–Crippen LogP) is 2.60. The van der Waals surface area contributed by atoms with E-state index in [1.165, 1.54) is 0 Å². The molecule has 0 atom stereocenters. The highest BCUT2D eigenvalue weighted by atomic mass is 19.4. The molecule has 1 amide bonds. The number of hydrogen-bond donors (Lipinski definition) is 0. The number of aryl methyl sites for hydroxylation is 1. The molecule has 0 bridgehead atoms. The lowest BCUT2D eigenvalue weighted by atomic mass is 9.96. The minimum atomic E-state index is -4.53. The molecule has 6 nitrogen and oxygen atoms in total. The van der Waals surface area contributed by atoms with Gasteiger partial charge in [-0.1, -0.05) is 25.9 Å². The van der Waals surface area contributed by atoms with Gasteiger partial charge in [0.15, 0.2) is 5.82 Å². The standard InChI is InChI=1S/C14H19F3N4O2/c1-13(2,3)12-19-10(23-20-12)5-4-6-11(22)21(8-7-18)9-14(15,16)17/h4-6,8-9H2,1-3H3. The van der Waals surface area contributed by atoms with Crippen molar-refractivity contribution in [1.29, 1.82) is 5.26 Å². The van der Waals surface area contributed by atoms with Crippen molar-refractivity contribution >= 4 is 5.91 Å². The molecule has 128 valence electrons. The van der Waals surface area contributed by atoms with Crippen LogP contribution in [0, 0.1) is 11.3 Å². The van der Waals surface area contributed by atoms with Crippen LogP contribution in [0.5, 0.6) is 0 Å². The lowest BCUT2D eigenvalue weighted by Crippen LogP contribution is -2.39. The Bertz CT molecular complexity index is 570. The van der Waals surface area contributed by atoms with Crippen molar-refractivity contribution in [3.05, 3.63) is 11.7 Å². The molecule has 1 heterocycles. The number of nitrogens with zero attached hydrogens (tertiary/aromatic N) is 4. The number of halogens is 3. The van der Waals surface area contributed by atoms with Crippen LogP contribution in [0.2, 0.25) is 0 Å². The maximum atomic E-state index is 12.4. The third-order valence-corrected chi connectivity index (χ3v) is 2.90. The van der Waals surface area contributed by atoms with Crippen LogP contribution in [0.1, 0.15) is 45.3 Å². The second-order valence-electron chi connectivity index (χ2n) is 6.14. The zero-order valence-electron chi connectivity index (χ0n) is 13.3. The number of amides is 1. The summed E-state index contributed by atoms with van der Waals surface area (Å²) >= 11 is 0. The Morgan fingerprint density at radius 3 is 2.48 bits per heavy atom. The number of rotatable bonds is 6. The van der Waals surface area contributed by atoms with Gasteiger partial charge in [-0.15, -0.1) is 0 Å². The molecule has 1 aromatic heterocycles. The van der Waals surface area contributed by atoms with E-state index in [0.29, 0.717) is 23.0 Å². The minimum absolute atomic E-state index is 0.120. The molecule has 0 fully saturated rings. The highest BCUT2D eigenvalue weighted by Crippen LogP contribution is 2.19. The van der Waals surface area contributed by atoms with E-state index >= 15 is 0 Å². The van der Waals surface area contributed by atoms with Crippen LogP contribution in [0.25, 0.3) is 0 Å². The third-order valence-electron chi connectivity index (χ3n) is 2.90. The summed E-state index contributed by atoms with van der Waals surface area (Å²) in [4.78, 5) is 16.5. The lowest BCUT2D eigenvalue weighted by Gasteiger charge is -2.20. The van der Waals surface area contributed by atoms with E-state index in [1.54, 1.807) is 6.07 Å². The Labute approximate surface area is 132 Å². The molecule has 1 aromatic rings. The molecular formula is C14H19F3N4O2. The SMILES string of the molecule is CC(C)(C)c1noc(CCCC(=O)N(CC#N)CC(F)(F)F)n1. The monoisotopic (exact) mass is 332 g/mol. The van der Waals surface area contributed by atoms with Gasteiger partial charge in [-0.2, -0.15) is 23.4 Å². The zero-order valence-corrected chi connectivity index (χ0v) is 13.3. The number of carbonyl (C=O) groups excluding carboxylic acids is 1. The highest BCUT2D eigenvalue weighted by Gasteiger charge is 2.32. The Balaban J connectivity index is 2.51. The van der Waals surface area contributed by atoms with Crippen LogP contribution in [-0.4, -0.2) is 40.2 Å². The molecular weight excluding hydrogens is 313 g/mol. The summed E-state index contributed by atoms with van der Waals surface area (Å²) in [5.41, 5.74) is -0.270. The first-order chi connectivity index (χ1) is 10.5. The first kappa shape index (κ1) is 18.9.